The molecule has 0 fully saturated rings. The Morgan fingerprint density at radius 3 is 2.84 bits per heavy atom. The summed E-state index contributed by atoms with van der Waals surface area (Å²) in [5, 5.41) is 3.19. The second-order valence-electron chi connectivity index (χ2n) is 7.21. The topological polar surface area (TPSA) is 38.3 Å². The highest BCUT2D eigenvalue weighted by molar-refractivity contribution is 7.99. The van der Waals surface area contributed by atoms with E-state index in [1.54, 1.807) is 11.8 Å². The molecule has 1 atom stereocenters. The Morgan fingerprint density at radius 2 is 2.04 bits per heavy atom. The van der Waals surface area contributed by atoms with Crippen molar-refractivity contribution in [3.05, 3.63) is 65.2 Å². The summed E-state index contributed by atoms with van der Waals surface area (Å²) in [5.41, 5.74) is 3.30. The number of para-hydroxylation sites is 1. The fourth-order valence-corrected chi connectivity index (χ4v) is 4.02. The maximum Gasteiger partial charge on any atom is 0.230 e. The third-order valence-corrected chi connectivity index (χ3v) is 5.30. The molecule has 0 unspecified atom stereocenters. The van der Waals surface area contributed by atoms with Gasteiger partial charge < -0.3 is 10.1 Å². The molecule has 25 heavy (non-hydrogen) atoms. The summed E-state index contributed by atoms with van der Waals surface area (Å²) in [5.74, 6) is 2.27. The van der Waals surface area contributed by atoms with Crippen LogP contribution in [0.2, 0.25) is 0 Å². The first-order valence-electron chi connectivity index (χ1n) is 8.63. The van der Waals surface area contributed by atoms with E-state index in [9.17, 15) is 4.79 Å². The minimum absolute atomic E-state index is 0.00650. The monoisotopic (exact) mass is 355 g/mol. The maximum atomic E-state index is 12.4. The molecule has 3 rings (SSSR count). The average Bonchev–Trinajstić information content (AvgIpc) is 2.54. The van der Waals surface area contributed by atoms with Gasteiger partial charge in [-0.25, -0.2) is 0 Å². The molecule has 2 aromatic carbocycles. The zero-order valence-electron chi connectivity index (χ0n) is 15.0. The quantitative estimate of drug-likeness (QED) is 0.849. The number of nitrogens with one attached hydrogen (secondary N) is 1. The number of rotatable bonds is 5. The molecule has 0 radical (unpaired) electrons. The first-order valence-corrected chi connectivity index (χ1v) is 9.79. The van der Waals surface area contributed by atoms with Gasteiger partial charge in [-0.3, -0.25) is 4.79 Å². The Balaban J connectivity index is 1.57. The first kappa shape index (κ1) is 17.9. The molecule has 1 N–H and O–H groups in total. The van der Waals surface area contributed by atoms with Crippen molar-refractivity contribution in [2.75, 3.05) is 5.75 Å². The Morgan fingerprint density at radius 1 is 1.24 bits per heavy atom. The lowest BCUT2D eigenvalue weighted by atomic mass is 9.90. The number of hydrogen-bond donors (Lipinski definition) is 1. The second-order valence-corrected chi connectivity index (χ2v) is 8.19. The number of aryl methyl sites for hydroxylation is 1. The SMILES string of the molecule is Cc1cccc(CSCC(=O)N[C@@H]2CC(C)(C)Oc3ccccc32)c1. The molecule has 0 bridgehead atoms. The standard InChI is InChI=1S/C21H25NO2S/c1-15-7-6-8-16(11-15)13-25-14-20(23)22-18-12-21(2,3)24-19-10-5-4-9-17(18)19/h4-11,18H,12-14H2,1-3H3,(H,22,23)/t18-/m1/s1. The van der Waals surface area contributed by atoms with E-state index in [2.05, 4.69) is 50.4 Å². The fourth-order valence-electron chi connectivity index (χ4n) is 3.23. The van der Waals surface area contributed by atoms with Crippen LogP contribution in [0.5, 0.6) is 5.75 Å². The van der Waals surface area contributed by atoms with E-state index in [0.717, 1.165) is 23.5 Å². The van der Waals surface area contributed by atoms with E-state index >= 15 is 0 Å². The van der Waals surface area contributed by atoms with E-state index in [0.29, 0.717) is 5.75 Å². The van der Waals surface area contributed by atoms with Gasteiger partial charge in [0.2, 0.25) is 5.91 Å². The van der Waals surface area contributed by atoms with Gasteiger partial charge in [0.05, 0.1) is 11.8 Å². The molecule has 0 saturated carbocycles. The van der Waals surface area contributed by atoms with Crippen LogP contribution < -0.4 is 10.1 Å². The second kappa shape index (κ2) is 7.52. The van der Waals surface area contributed by atoms with Gasteiger partial charge >= 0.3 is 0 Å². The largest absolute Gasteiger partial charge is 0.487 e. The summed E-state index contributed by atoms with van der Waals surface area (Å²) in [6.45, 7) is 6.22. The van der Waals surface area contributed by atoms with E-state index in [-0.39, 0.29) is 17.6 Å². The van der Waals surface area contributed by atoms with Crippen molar-refractivity contribution >= 4 is 17.7 Å². The molecule has 2 aromatic rings. The van der Waals surface area contributed by atoms with Gasteiger partial charge in [0.15, 0.2) is 0 Å². The molecular formula is C21H25NO2S. The van der Waals surface area contributed by atoms with Crippen LogP contribution in [0.4, 0.5) is 0 Å². The van der Waals surface area contributed by atoms with E-state index in [1.807, 2.05) is 24.3 Å². The van der Waals surface area contributed by atoms with Crippen molar-refractivity contribution in [2.24, 2.45) is 0 Å². The summed E-state index contributed by atoms with van der Waals surface area (Å²) in [4.78, 5) is 12.4. The summed E-state index contributed by atoms with van der Waals surface area (Å²) in [6.07, 6.45) is 0.776. The van der Waals surface area contributed by atoms with E-state index in [1.165, 1.54) is 11.1 Å². The molecule has 0 spiro atoms. The zero-order valence-corrected chi connectivity index (χ0v) is 15.9. The van der Waals surface area contributed by atoms with Crippen molar-refractivity contribution in [1.82, 2.24) is 5.32 Å². The van der Waals surface area contributed by atoms with E-state index in [4.69, 9.17) is 4.74 Å². The first-order chi connectivity index (χ1) is 11.9. The van der Waals surface area contributed by atoms with Crippen LogP contribution in [0, 0.1) is 6.92 Å². The van der Waals surface area contributed by atoms with Crippen LogP contribution in [0.15, 0.2) is 48.5 Å². The van der Waals surface area contributed by atoms with Crippen molar-refractivity contribution in [2.45, 2.75) is 44.6 Å². The predicted octanol–water partition coefficient (Wildman–Crippen LogP) is 4.65. The number of thioether (sulfide) groups is 1. The maximum absolute atomic E-state index is 12.4. The minimum atomic E-state index is -0.277. The number of hydrogen-bond acceptors (Lipinski definition) is 3. The fraction of sp³-hybridized carbons (Fsp3) is 0.381. The van der Waals surface area contributed by atoms with Crippen LogP contribution in [0.25, 0.3) is 0 Å². The Kier molecular flexibility index (Phi) is 5.38. The van der Waals surface area contributed by atoms with Gasteiger partial charge in [-0.15, -0.1) is 11.8 Å². The van der Waals surface area contributed by atoms with Crippen molar-refractivity contribution in [3.63, 3.8) is 0 Å². The summed E-state index contributed by atoms with van der Waals surface area (Å²) >= 11 is 1.65. The molecule has 132 valence electrons. The number of benzene rings is 2. The molecule has 1 heterocycles. The van der Waals surface area contributed by atoms with Gasteiger partial charge in [-0.05, 0) is 32.4 Å². The Hall–Kier alpha value is -1.94. The third-order valence-electron chi connectivity index (χ3n) is 4.30. The molecule has 3 nitrogen and oxygen atoms in total. The van der Waals surface area contributed by atoms with Gasteiger partial charge in [0.25, 0.3) is 0 Å². The number of carbonyl (C=O) groups excluding carboxylic acids is 1. The van der Waals surface area contributed by atoms with Crippen LogP contribution in [0.3, 0.4) is 0 Å². The summed E-state index contributed by atoms with van der Waals surface area (Å²) in [7, 11) is 0. The highest BCUT2D eigenvalue weighted by Crippen LogP contribution is 2.39. The van der Waals surface area contributed by atoms with Gasteiger partial charge in [-0.2, -0.15) is 0 Å². The molecule has 4 heteroatoms. The zero-order chi connectivity index (χ0) is 17.9. The number of amides is 1. The lowest BCUT2D eigenvalue weighted by molar-refractivity contribution is -0.119. The average molecular weight is 356 g/mol. The highest BCUT2D eigenvalue weighted by Gasteiger charge is 2.34. The number of carbonyl (C=O) groups is 1. The van der Waals surface area contributed by atoms with Crippen LogP contribution in [0.1, 0.15) is 43.0 Å². The smallest absolute Gasteiger partial charge is 0.230 e. The third kappa shape index (κ3) is 4.79. The van der Waals surface area contributed by atoms with Crippen molar-refractivity contribution < 1.29 is 9.53 Å². The molecule has 0 saturated heterocycles. The van der Waals surface area contributed by atoms with Crippen molar-refractivity contribution in [1.29, 1.82) is 0 Å². The van der Waals surface area contributed by atoms with Crippen LogP contribution in [-0.4, -0.2) is 17.3 Å². The summed E-state index contributed by atoms with van der Waals surface area (Å²) < 4.78 is 6.02. The molecule has 1 amide bonds. The number of ether oxygens (including phenoxy) is 1. The number of fused-ring (bicyclic) bond motifs is 1. The molecular weight excluding hydrogens is 330 g/mol. The highest BCUT2D eigenvalue weighted by atomic mass is 32.2. The molecule has 0 aromatic heterocycles. The van der Waals surface area contributed by atoms with Crippen LogP contribution >= 0.6 is 11.8 Å². The predicted molar refractivity (Wildman–Crippen MR) is 104 cm³/mol. The normalized spacial score (nSPS) is 18.1. The lowest BCUT2D eigenvalue weighted by Gasteiger charge is -2.37. The lowest BCUT2D eigenvalue weighted by Crippen LogP contribution is -2.41. The Labute approximate surface area is 154 Å². The van der Waals surface area contributed by atoms with Gasteiger partial charge in [0, 0.05) is 17.7 Å². The molecule has 1 aliphatic heterocycles. The van der Waals surface area contributed by atoms with Crippen LogP contribution in [-0.2, 0) is 10.5 Å². The minimum Gasteiger partial charge on any atom is -0.487 e. The van der Waals surface area contributed by atoms with E-state index < -0.39 is 0 Å². The molecule has 0 aliphatic carbocycles. The van der Waals surface area contributed by atoms with Crippen molar-refractivity contribution in [3.8, 4) is 5.75 Å². The molecule has 1 aliphatic rings. The Bertz CT molecular complexity index is 757. The summed E-state index contributed by atoms with van der Waals surface area (Å²) in [6, 6.07) is 16.4. The van der Waals surface area contributed by atoms with Gasteiger partial charge in [-0.1, -0.05) is 48.0 Å². The van der Waals surface area contributed by atoms with Gasteiger partial charge in [0.1, 0.15) is 11.4 Å².